The molecule has 7 heteroatoms. The lowest BCUT2D eigenvalue weighted by Crippen LogP contribution is -2.29. The lowest BCUT2D eigenvalue weighted by Gasteiger charge is -2.21. The third kappa shape index (κ3) is 3.50. The Bertz CT molecular complexity index is 1240. The molecule has 0 aliphatic rings. The van der Waals surface area contributed by atoms with Gasteiger partial charge >= 0.3 is 0 Å². The summed E-state index contributed by atoms with van der Waals surface area (Å²) in [7, 11) is 1.96. The van der Waals surface area contributed by atoms with Gasteiger partial charge < -0.3 is 10.6 Å². The molecule has 0 saturated carbocycles. The van der Waals surface area contributed by atoms with E-state index in [0.717, 1.165) is 28.0 Å². The van der Waals surface area contributed by atoms with Gasteiger partial charge in [-0.1, -0.05) is 29.5 Å². The van der Waals surface area contributed by atoms with Crippen molar-refractivity contribution in [2.24, 2.45) is 5.73 Å². The van der Waals surface area contributed by atoms with Gasteiger partial charge in [0, 0.05) is 28.7 Å². The van der Waals surface area contributed by atoms with E-state index < -0.39 is 5.54 Å². The van der Waals surface area contributed by atoms with Crippen LogP contribution in [-0.4, -0.2) is 32.2 Å². The zero-order valence-corrected chi connectivity index (χ0v) is 16.6. The molecular weight excluding hydrogens is 372 g/mol. The maximum absolute atomic E-state index is 6.21. The number of anilines is 2. The maximum atomic E-state index is 6.21. The highest BCUT2D eigenvalue weighted by atomic mass is 35.5. The second-order valence-corrected chi connectivity index (χ2v) is 7.62. The Labute approximate surface area is 168 Å². The van der Waals surface area contributed by atoms with Crippen molar-refractivity contribution in [3.63, 3.8) is 0 Å². The van der Waals surface area contributed by atoms with Gasteiger partial charge in [0.25, 0.3) is 5.78 Å². The summed E-state index contributed by atoms with van der Waals surface area (Å²) in [5.41, 5.74) is 8.16. The molecule has 2 N–H and O–H groups in total. The molecule has 0 amide bonds. The first kappa shape index (κ1) is 18.2. The predicted molar refractivity (Wildman–Crippen MR) is 113 cm³/mol. The van der Waals surface area contributed by atoms with Gasteiger partial charge in [0.15, 0.2) is 0 Å². The van der Waals surface area contributed by atoms with Crippen LogP contribution >= 0.6 is 11.6 Å². The summed E-state index contributed by atoms with van der Waals surface area (Å²) >= 11 is 6.21. The van der Waals surface area contributed by atoms with E-state index in [1.54, 1.807) is 6.33 Å². The number of hydrogen-bond donors (Lipinski definition) is 1. The molecule has 0 aliphatic carbocycles. The summed E-state index contributed by atoms with van der Waals surface area (Å²) in [6, 6.07) is 13.6. The second kappa shape index (κ2) is 6.79. The molecule has 0 saturated heterocycles. The fourth-order valence-corrected chi connectivity index (χ4v) is 3.09. The summed E-state index contributed by atoms with van der Waals surface area (Å²) in [5, 5.41) is 9.67. The molecule has 0 radical (unpaired) electrons. The van der Waals surface area contributed by atoms with Gasteiger partial charge in [-0.2, -0.15) is 4.98 Å². The molecule has 2 aromatic carbocycles. The summed E-state index contributed by atoms with van der Waals surface area (Å²) in [5.74, 6) is 7.47. The quantitative estimate of drug-likeness (QED) is 0.527. The fourth-order valence-electron chi connectivity index (χ4n) is 2.93. The third-order valence-electron chi connectivity index (χ3n) is 4.28. The van der Waals surface area contributed by atoms with Crippen molar-refractivity contribution in [1.29, 1.82) is 0 Å². The fraction of sp³-hybridized carbons (Fsp3) is 0.190. The highest BCUT2D eigenvalue weighted by Crippen LogP contribution is 2.31. The van der Waals surface area contributed by atoms with E-state index in [4.69, 9.17) is 22.3 Å². The average Bonchev–Trinajstić information content (AvgIpc) is 3.13. The van der Waals surface area contributed by atoms with E-state index >= 15 is 0 Å². The van der Waals surface area contributed by atoms with Crippen molar-refractivity contribution in [2.75, 3.05) is 11.9 Å². The number of fused-ring (bicyclic) bond motifs is 3. The van der Waals surface area contributed by atoms with Crippen molar-refractivity contribution in [2.45, 2.75) is 19.4 Å². The van der Waals surface area contributed by atoms with Gasteiger partial charge in [-0.15, -0.1) is 10.2 Å². The molecule has 0 spiro atoms. The van der Waals surface area contributed by atoms with Crippen molar-refractivity contribution < 1.29 is 0 Å². The molecule has 140 valence electrons. The number of nitrogens with zero attached hydrogens (tertiary/aromatic N) is 5. The highest BCUT2D eigenvalue weighted by Gasteiger charge is 2.15. The van der Waals surface area contributed by atoms with E-state index in [-0.39, 0.29) is 0 Å². The van der Waals surface area contributed by atoms with Gasteiger partial charge in [-0.25, -0.2) is 0 Å². The molecule has 0 unspecified atom stereocenters. The van der Waals surface area contributed by atoms with Crippen molar-refractivity contribution in [3.05, 3.63) is 59.4 Å². The number of aromatic nitrogens is 4. The van der Waals surface area contributed by atoms with Crippen LogP contribution in [0.1, 0.15) is 19.4 Å². The van der Waals surface area contributed by atoms with E-state index in [1.165, 1.54) is 0 Å². The van der Waals surface area contributed by atoms with Gasteiger partial charge in [0.1, 0.15) is 12.1 Å². The Hall–Kier alpha value is -3.14. The molecule has 0 atom stereocenters. The van der Waals surface area contributed by atoms with Crippen LogP contribution in [0.5, 0.6) is 0 Å². The first-order chi connectivity index (χ1) is 13.3. The summed E-state index contributed by atoms with van der Waals surface area (Å²) in [4.78, 5) is 6.70. The second-order valence-electron chi connectivity index (χ2n) is 7.18. The molecule has 28 heavy (non-hydrogen) atoms. The molecule has 4 rings (SSSR count). The van der Waals surface area contributed by atoms with Crippen LogP contribution in [0.25, 0.3) is 16.7 Å². The van der Waals surface area contributed by atoms with Crippen LogP contribution in [0.4, 0.5) is 11.5 Å². The standard InChI is InChI=1S/C21H19ClN6/c1-21(2,23)10-9-14-5-4-6-16(11-14)27(3)19-17-8-7-15(22)12-18(17)28-13-24-26-20(28)25-19/h4-8,11-13H,23H2,1-3H3. The number of nitrogens with two attached hydrogens (primary N) is 1. The van der Waals surface area contributed by atoms with Crippen LogP contribution < -0.4 is 10.6 Å². The van der Waals surface area contributed by atoms with Crippen LogP contribution in [0.2, 0.25) is 5.02 Å². The number of benzene rings is 2. The van der Waals surface area contributed by atoms with Gasteiger partial charge in [-0.3, -0.25) is 4.40 Å². The monoisotopic (exact) mass is 390 g/mol. The molecule has 0 bridgehead atoms. The van der Waals surface area contributed by atoms with E-state index in [2.05, 4.69) is 22.0 Å². The smallest absolute Gasteiger partial charge is 0.257 e. The SMILES string of the molecule is CN(c1cccc(C#CC(C)(C)N)c1)c1nc2nncn2c2cc(Cl)ccc12. The lowest BCUT2D eigenvalue weighted by atomic mass is 10.1. The summed E-state index contributed by atoms with van der Waals surface area (Å²) in [6.45, 7) is 3.76. The number of hydrogen-bond acceptors (Lipinski definition) is 5. The van der Waals surface area contributed by atoms with Crippen LogP contribution in [0.3, 0.4) is 0 Å². The zero-order valence-electron chi connectivity index (χ0n) is 15.8. The Morgan fingerprint density at radius 1 is 1.18 bits per heavy atom. The Balaban J connectivity index is 1.84. The van der Waals surface area contributed by atoms with Crippen molar-refractivity contribution in [3.8, 4) is 11.8 Å². The molecule has 4 aromatic rings. The Morgan fingerprint density at radius 2 is 2.00 bits per heavy atom. The van der Waals surface area contributed by atoms with Crippen molar-refractivity contribution >= 4 is 39.8 Å². The molecule has 2 heterocycles. The van der Waals surface area contributed by atoms with Crippen LogP contribution in [-0.2, 0) is 0 Å². The first-order valence-electron chi connectivity index (χ1n) is 8.77. The number of halogens is 1. The van der Waals surface area contributed by atoms with Crippen LogP contribution in [0, 0.1) is 11.8 Å². The van der Waals surface area contributed by atoms with Gasteiger partial charge in [0.2, 0.25) is 0 Å². The zero-order chi connectivity index (χ0) is 19.9. The summed E-state index contributed by atoms with van der Waals surface area (Å²) < 4.78 is 1.82. The Morgan fingerprint density at radius 3 is 2.79 bits per heavy atom. The van der Waals surface area contributed by atoms with E-state index in [1.807, 2.05) is 72.7 Å². The minimum absolute atomic E-state index is 0.512. The largest absolute Gasteiger partial charge is 0.329 e. The van der Waals surface area contributed by atoms with Gasteiger partial charge in [-0.05, 0) is 50.2 Å². The number of rotatable bonds is 2. The van der Waals surface area contributed by atoms with Crippen molar-refractivity contribution in [1.82, 2.24) is 19.6 Å². The minimum Gasteiger partial charge on any atom is -0.329 e. The molecule has 0 fully saturated rings. The maximum Gasteiger partial charge on any atom is 0.257 e. The van der Waals surface area contributed by atoms with Gasteiger partial charge in [0.05, 0.1) is 11.1 Å². The molecule has 0 aliphatic heterocycles. The molecule has 2 aromatic heterocycles. The summed E-state index contributed by atoms with van der Waals surface area (Å²) in [6.07, 6.45) is 1.63. The minimum atomic E-state index is -0.544. The van der Waals surface area contributed by atoms with E-state index in [9.17, 15) is 0 Å². The first-order valence-corrected chi connectivity index (χ1v) is 9.14. The lowest BCUT2D eigenvalue weighted by molar-refractivity contribution is 0.680. The predicted octanol–water partition coefficient (Wildman–Crippen LogP) is 3.79. The van der Waals surface area contributed by atoms with Crippen LogP contribution in [0.15, 0.2) is 48.8 Å². The molecule has 6 nitrogen and oxygen atoms in total. The Kier molecular flexibility index (Phi) is 4.42. The average molecular weight is 391 g/mol. The van der Waals surface area contributed by atoms with E-state index in [0.29, 0.717) is 10.8 Å². The normalized spacial score (nSPS) is 11.5. The molecular formula is C21H19ClN6. The topological polar surface area (TPSA) is 72.3 Å². The third-order valence-corrected chi connectivity index (χ3v) is 4.51. The highest BCUT2D eigenvalue weighted by molar-refractivity contribution is 6.31.